The van der Waals surface area contributed by atoms with Crippen LogP contribution in [-0.4, -0.2) is 0 Å². The molecule has 3 heteroatoms. The molecule has 2 aromatic carbocycles. The fraction of sp³-hybridized carbons (Fsp3) is 0. The Labute approximate surface area is 120 Å². The van der Waals surface area contributed by atoms with Crippen LogP contribution in [0.4, 0.5) is 0 Å². The normalized spacial score (nSPS) is 8.13. The average molecular weight is 336 g/mol. The Morgan fingerprint density at radius 2 is 0.933 bits per heavy atom. The molecule has 15 heavy (non-hydrogen) atoms. The second-order valence-electron chi connectivity index (χ2n) is 2.44. The Morgan fingerprint density at radius 1 is 0.667 bits per heavy atom. The summed E-state index contributed by atoms with van der Waals surface area (Å²) in [7, 11) is 0. The SMILES string of the molecule is Clc1cc[c-]cc1.Clc1cc[c-]cc1.[Cd+2]. The van der Waals surface area contributed by atoms with Crippen LogP contribution in [0.25, 0.3) is 0 Å². The van der Waals surface area contributed by atoms with E-state index in [0.717, 1.165) is 10.0 Å². The summed E-state index contributed by atoms with van der Waals surface area (Å²) >= 11 is 11.0. The minimum atomic E-state index is 0. The van der Waals surface area contributed by atoms with Crippen LogP contribution in [-0.2, 0) is 27.3 Å². The summed E-state index contributed by atoms with van der Waals surface area (Å²) in [5, 5.41) is 1.53. The summed E-state index contributed by atoms with van der Waals surface area (Å²) in [6.45, 7) is 0. The third kappa shape index (κ3) is 7.82. The minimum absolute atomic E-state index is 0. The summed E-state index contributed by atoms with van der Waals surface area (Å²) < 4.78 is 0. The van der Waals surface area contributed by atoms with Crippen molar-refractivity contribution in [1.29, 1.82) is 0 Å². The molecule has 0 aromatic heterocycles. The van der Waals surface area contributed by atoms with E-state index in [-0.39, 0.29) is 27.3 Å². The van der Waals surface area contributed by atoms with Crippen LogP contribution < -0.4 is 0 Å². The maximum Gasteiger partial charge on any atom is 2.00 e. The Bertz CT molecular complexity index is 311. The van der Waals surface area contributed by atoms with Gasteiger partial charge in [-0.2, -0.15) is 60.7 Å². The standard InChI is InChI=1S/2C6H4Cl.Cd/c2*7-6-4-2-1-3-5-6;/h2*2-5H;/q2*-1;+2. The molecular formula is C12H8CdCl2. The van der Waals surface area contributed by atoms with Gasteiger partial charge in [-0.05, 0) is 0 Å². The molecule has 0 radical (unpaired) electrons. The maximum absolute atomic E-state index is 5.52. The molecule has 2 rings (SSSR count). The van der Waals surface area contributed by atoms with Gasteiger partial charge >= 0.3 is 27.3 Å². The molecular weight excluding hydrogens is 327 g/mol. The van der Waals surface area contributed by atoms with Crippen LogP contribution in [0.1, 0.15) is 0 Å². The minimum Gasteiger partial charge on any atom is -0.184 e. The fourth-order valence-electron chi connectivity index (χ4n) is 0.733. The van der Waals surface area contributed by atoms with Gasteiger partial charge in [-0.3, -0.25) is 0 Å². The van der Waals surface area contributed by atoms with E-state index < -0.39 is 0 Å². The molecule has 0 atom stereocenters. The first kappa shape index (κ1) is 14.9. The largest absolute Gasteiger partial charge is 2.00 e. The molecule has 0 heterocycles. The predicted octanol–water partition coefficient (Wildman–Crippen LogP) is 4.28. The Morgan fingerprint density at radius 3 is 1.07 bits per heavy atom. The number of benzene rings is 2. The van der Waals surface area contributed by atoms with E-state index in [1.54, 1.807) is 48.5 Å². The first-order valence-electron chi connectivity index (χ1n) is 4.02. The second kappa shape index (κ2) is 9.19. The molecule has 0 unspecified atom stereocenters. The summed E-state index contributed by atoms with van der Waals surface area (Å²) in [4.78, 5) is 0. The number of rotatable bonds is 0. The third-order valence-corrected chi connectivity index (χ3v) is 1.86. The van der Waals surface area contributed by atoms with Crippen molar-refractivity contribution in [3.63, 3.8) is 0 Å². The van der Waals surface area contributed by atoms with Crippen molar-refractivity contribution in [3.05, 3.63) is 70.7 Å². The first-order valence-corrected chi connectivity index (χ1v) is 4.78. The summed E-state index contributed by atoms with van der Waals surface area (Å²) in [6, 6.07) is 20.0. The molecule has 0 bridgehead atoms. The monoisotopic (exact) mass is 336 g/mol. The number of halogens is 2. The molecule has 0 fully saturated rings. The number of hydrogen-bond acceptors (Lipinski definition) is 0. The van der Waals surface area contributed by atoms with Gasteiger partial charge in [0.25, 0.3) is 0 Å². The molecule has 0 aliphatic rings. The van der Waals surface area contributed by atoms with Crippen molar-refractivity contribution in [2.24, 2.45) is 0 Å². The smallest absolute Gasteiger partial charge is 0.184 e. The predicted molar refractivity (Wildman–Crippen MR) is 60.6 cm³/mol. The van der Waals surface area contributed by atoms with E-state index in [0.29, 0.717) is 0 Å². The van der Waals surface area contributed by atoms with Gasteiger partial charge in [-0.1, -0.05) is 10.0 Å². The summed E-state index contributed by atoms with van der Waals surface area (Å²) in [6.07, 6.45) is 0. The van der Waals surface area contributed by atoms with Crippen LogP contribution in [0, 0.1) is 12.1 Å². The van der Waals surface area contributed by atoms with Crippen molar-refractivity contribution in [3.8, 4) is 0 Å². The van der Waals surface area contributed by atoms with E-state index >= 15 is 0 Å². The van der Waals surface area contributed by atoms with E-state index in [1.807, 2.05) is 0 Å². The average Bonchev–Trinajstić information content (AvgIpc) is 2.21. The number of hydrogen-bond donors (Lipinski definition) is 0. The van der Waals surface area contributed by atoms with Gasteiger partial charge in [0, 0.05) is 0 Å². The van der Waals surface area contributed by atoms with Crippen LogP contribution in [0.5, 0.6) is 0 Å². The van der Waals surface area contributed by atoms with E-state index in [1.165, 1.54) is 0 Å². The van der Waals surface area contributed by atoms with Crippen molar-refractivity contribution in [2.45, 2.75) is 0 Å². The Kier molecular flexibility index (Phi) is 9.15. The molecule has 0 saturated carbocycles. The summed E-state index contributed by atoms with van der Waals surface area (Å²) in [5.41, 5.74) is 0. The van der Waals surface area contributed by atoms with Crippen molar-refractivity contribution in [1.82, 2.24) is 0 Å². The topological polar surface area (TPSA) is 0 Å². The zero-order valence-corrected chi connectivity index (χ0v) is 13.6. The first-order chi connectivity index (χ1) is 6.79. The van der Waals surface area contributed by atoms with Gasteiger partial charge in [0.15, 0.2) is 0 Å². The molecule has 0 nitrogen and oxygen atoms in total. The van der Waals surface area contributed by atoms with Crippen LogP contribution in [0.3, 0.4) is 0 Å². The van der Waals surface area contributed by atoms with Crippen molar-refractivity contribution < 1.29 is 27.3 Å². The van der Waals surface area contributed by atoms with Crippen molar-refractivity contribution >= 4 is 23.2 Å². The van der Waals surface area contributed by atoms with Gasteiger partial charge in [0.05, 0.1) is 0 Å². The zero-order chi connectivity index (χ0) is 10.2. The van der Waals surface area contributed by atoms with Gasteiger partial charge in [0.2, 0.25) is 0 Å². The van der Waals surface area contributed by atoms with Crippen LogP contribution in [0.15, 0.2) is 48.5 Å². The Hall–Kier alpha value is -0.0579. The summed E-state index contributed by atoms with van der Waals surface area (Å²) in [5.74, 6) is 0. The van der Waals surface area contributed by atoms with Gasteiger partial charge in [0.1, 0.15) is 0 Å². The third-order valence-electron chi connectivity index (χ3n) is 1.36. The molecule has 0 spiro atoms. The zero-order valence-electron chi connectivity index (χ0n) is 8.08. The van der Waals surface area contributed by atoms with E-state index in [9.17, 15) is 0 Å². The van der Waals surface area contributed by atoms with Crippen molar-refractivity contribution in [2.75, 3.05) is 0 Å². The van der Waals surface area contributed by atoms with Crippen LogP contribution in [0.2, 0.25) is 10.0 Å². The molecule has 0 aliphatic carbocycles. The van der Waals surface area contributed by atoms with Crippen LogP contribution >= 0.6 is 23.2 Å². The maximum atomic E-state index is 5.52. The molecule has 0 saturated heterocycles. The molecule has 0 N–H and O–H groups in total. The molecule has 2 aromatic rings. The quantitative estimate of drug-likeness (QED) is 0.498. The molecule has 0 amide bonds. The Balaban J connectivity index is 0.000000245. The van der Waals surface area contributed by atoms with Gasteiger partial charge in [-0.25, -0.2) is 0 Å². The van der Waals surface area contributed by atoms with E-state index in [4.69, 9.17) is 23.2 Å². The van der Waals surface area contributed by atoms with Gasteiger partial charge < -0.3 is 0 Å². The van der Waals surface area contributed by atoms with E-state index in [2.05, 4.69) is 12.1 Å². The second-order valence-corrected chi connectivity index (χ2v) is 3.31. The molecule has 72 valence electrons. The van der Waals surface area contributed by atoms with Gasteiger partial charge in [-0.15, -0.1) is 23.2 Å². The molecule has 0 aliphatic heterocycles. The fourth-order valence-corrected chi connectivity index (χ4v) is 0.985.